The monoisotopic (exact) mass is 188 g/mol. The Morgan fingerprint density at radius 3 is 2.64 bits per heavy atom. The van der Waals surface area contributed by atoms with Crippen LogP contribution in [0.25, 0.3) is 5.57 Å². The molecule has 1 heteroatoms. The maximum Gasteiger partial charge on any atom is 0.0902 e. The van der Waals surface area contributed by atoms with E-state index in [2.05, 4.69) is 38.6 Å². The molecule has 1 aromatic carbocycles. The Morgan fingerprint density at radius 1 is 1.36 bits per heavy atom. The number of allylic oxidation sites excluding steroid dienone is 2. The largest absolute Gasteiger partial charge is 0.504 e. The summed E-state index contributed by atoms with van der Waals surface area (Å²) in [5, 5.41) is 0. The number of benzene rings is 1. The minimum absolute atomic E-state index is 1.02. The van der Waals surface area contributed by atoms with Gasteiger partial charge in [-0.1, -0.05) is 36.4 Å². The van der Waals surface area contributed by atoms with Crippen molar-refractivity contribution < 1.29 is 4.74 Å². The van der Waals surface area contributed by atoms with Gasteiger partial charge >= 0.3 is 0 Å². The van der Waals surface area contributed by atoms with Crippen molar-refractivity contribution in [2.45, 2.75) is 13.8 Å². The first kappa shape index (κ1) is 10.6. The van der Waals surface area contributed by atoms with Crippen LogP contribution >= 0.6 is 0 Å². The van der Waals surface area contributed by atoms with E-state index in [4.69, 9.17) is 4.74 Å². The number of aryl methyl sites for hydroxylation is 2. The lowest BCUT2D eigenvalue weighted by Gasteiger charge is -2.07. The summed E-state index contributed by atoms with van der Waals surface area (Å²) in [4.78, 5) is 0. The van der Waals surface area contributed by atoms with Crippen LogP contribution in [0.3, 0.4) is 0 Å². The summed E-state index contributed by atoms with van der Waals surface area (Å²) >= 11 is 0. The highest BCUT2D eigenvalue weighted by molar-refractivity contribution is 5.75. The quantitative estimate of drug-likeness (QED) is 0.521. The smallest absolute Gasteiger partial charge is 0.0902 e. The molecule has 0 unspecified atom stereocenters. The van der Waals surface area contributed by atoms with Gasteiger partial charge in [0.1, 0.15) is 0 Å². The van der Waals surface area contributed by atoms with Gasteiger partial charge in [-0.3, -0.25) is 0 Å². The Hall–Kier alpha value is -1.50. The molecule has 14 heavy (non-hydrogen) atoms. The van der Waals surface area contributed by atoms with Crippen LogP contribution in [-0.2, 0) is 4.74 Å². The molecule has 0 N–H and O–H groups in total. The zero-order valence-electron chi connectivity index (χ0n) is 9.00. The summed E-state index contributed by atoms with van der Waals surface area (Å²) in [5.74, 6) is 0. The molecule has 1 nitrogen and oxygen atoms in total. The van der Waals surface area contributed by atoms with Crippen LogP contribution < -0.4 is 0 Å². The van der Waals surface area contributed by atoms with Gasteiger partial charge < -0.3 is 4.74 Å². The van der Waals surface area contributed by atoms with Gasteiger partial charge in [-0.2, -0.15) is 0 Å². The molecule has 0 aliphatic carbocycles. The molecule has 0 fully saturated rings. The molecule has 0 atom stereocenters. The highest BCUT2D eigenvalue weighted by atomic mass is 16.5. The first-order chi connectivity index (χ1) is 6.69. The van der Waals surface area contributed by atoms with E-state index in [9.17, 15) is 0 Å². The van der Waals surface area contributed by atoms with Crippen LogP contribution in [0.2, 0.25) is 0 Å². The van der Waals surface area contributed by atoms with E-state index in [0.29, 0.717) is 0 Å². The number of hydrogen-bond acceptors (Lipinski definition) is 1. The molecule has 0 amide bonds. The molecule has 1 aromatic rings. The molecule has 0 saturated heterocycles. The van der Waals surface area contributed by atoms with Gasteiger partial charge in [0, 0.05) is 5.57 Å². The number of methoxy groups -OCH3 is 1. The summed E-state index contributed by atoms with van der Waals surface area (Å²) in [7, 11) is 1.65. The molecular weight excluding hydrogens is 172 g/mol. The summed E-state index contributed by atoms with van der Waals surface area (Å²) < 4.78 is 5.01. The molecule has 0 aliphatic rings. The Labute approximate surface area is 85.7 Å². The lowest BCUT2D eigenvalue weighted by atomic mass is 9.99. The van der Waals surface area contributed by atoms with Gasteiger partial charge in [0.15, 0.2) is 0 Å². The minimum atomic E-state index is 1.02. The van der Waals surface area contributed by atoms with Crippen molar-refractivity contribution in [3.8, 4) is 0 Å². The fraction of sp³-hybridized carbons (Fsp3) is 0.231. The van der Waals surface area contributed by atoms with Crippen molar-refractivity contribution in [1.82, 2.24) is 0 Å². The van der Waals surface area contributed by atoms with Crippen LogP contribution in [0.15, 0.2) is 37.1 Å². The van der Waals surface area contributed by atoms with Crippen molar-refractivity contribution in [1.29, 1.82) is 0 Å². The van der Waals surface area contributed by atoms with Gasteiger partial charge in [-0.15, -0.1) is 0 Å². The average molecular weight is 188 g/mol. The second kappa shape index (κ2) is 4.66. The number of ether oxygens (including phenoxy) is 1. The summed E-state index contributed by atoms with van der Waals surface area (Å²) in [6, 6.07) is 6.35. The van der Waals surface area contributed by atoms with Crippen molar-refractivity contribution in [3.05, 3.63) is 53.8 Å². The van der Waals surface area contributed by atoms with Crippen LogP contribution in [0.4, 0.5) is 0 Å². The molecule has 0 bridgehead atoms. The summed E-state index contributed by atoms with van der Waals surface area (Å²) in [6.07, 6.45) is 3.53. The molecule has 1 rings (SSSR count). The molecule has 0 spiro atoms. The van der Waals surface area contributed by atoms with Crippen LogP contribution in [0, 0.1) is 13.8 Å². The zero-order valence-corrected chi connectivity index (χ0v) is 9.00. The van der Waals surface area contributed by atoms with E-state index in [1.165, 1.54) is 16.7 Å². The summed E-state index contributed by atoms with van der Waals surface area (Å²) in [5.41, 5.74) is 4.68. The lowest BCUT2D eigenvalue weighted by Crippen LogP contribution is -1.88. The zero-order chi connectivity index (χ0) is 10.6. The first-order valence-electron chi connectivity index (χ1n) is 4.62. The second-order valence-electron chi connectivity index (χ2n) is 3.33. The van der Waals surface area contributed by atoms with E-state index in [0.717, 1.165) is 5.57 Å². The predicted molar refractivity (Wildman–Crippen MR) is 61.1 cm³/mol. The standard InChI is InChI=1S/C13H16O/c1-5-12(9-14-4)13-8-10(2)6-7-11(13)3/h5-9H,1H2,2-4H3/b12-9+. The van der Waals surface area contributed by atoms with Crippen molar-refractivity contribution in [2.24, 2.45) is 0 Å². The van der Waals surface area contributed by atoms with E-state index < -0.39 is 0 Å². The van der Waals surface area contributed by atoms with Gasteiger partial charge in [0.05, 0.1) is 13.4 Å². The van der Waals surface area contributed by atoms with Crippen molar-refractivity contribution >= 4 is 5.57 Å². The topological polar surface area (TPSA) is 9.23 Å². The Morgan fingerprint density at radius 2 is 2.07 bits per heavy atom. The fourth-order valence-corrected chi connectivity index (χ4v) is 1.40. The van der Waals surface area contributed by atoms with Crippen molar-refractivity contribution in [3.63, 3.8) is 0 Å². The maximum atomic E-state index is 5.01. The maximum absolute atomic E-state index is 5.01. The Bertz CT molecular complexity index is 361. The van der Waals surface area contributed by atoms with E-state index >= 15 is 0 Å². The molecule has 74 valence electrons. The predicted octanol–water partition coefficient (Wildman–Crippen LogP) is 3.48. The average Bonchev–Trinajstić information content (AvgIpc) is 2.18. The third-order valence-corrected chi connectivity index (χ3v) is 2.17. The van der Waals surface area contributed by atoms with Gasteiger partial charge in [0.25, 0.3) is 0 Å². The molecule has 0 aliphatic heterocycles. The third-order valence-electron chi connectivity index (χ3n) is 2.17. The normalized spacial score (nSPS) is 11.2. The number of hydrogen-bond donors (Lipinski definition) is 0. The first-order valence-corrected chi connectivity index (χ1v) is 4.62. The second-order valence-corrected chi connectivity index (χ2v) is 3.33. The van der Waals surface area contributed by atoms with Crippen LogP contribution in [-0.4, -0.2) is 7.11 Å². The highest BCUT2D eigenvalue weighted by Gasteiger charge is 2.02. The van der Waals surface area contributed by atoms with Gasteiger partial charge in [-0.05, 0) is 25.0 Å². The van der Waals surface area contributed by atoms with Crippen LogP contribution in [0.1, 0.15) is 16.7 Å². The minimum Gasteiger partial charge on any atom is -0.504 e. The highest BCUT2D eigenvalue weighted by Crippen LogP contribution is 2.20. The molecule has 0 heterocycles. The van der Waals surface area contributed by atoms with E-state index in [1.54, 1.807) is 13.4 Å². The lowest BCUT2D eigenvalue weighted by molar-refractivity contribution is 0.340. The van der Waals surface area contributed by atoms with Crippen molar-refractivity contribution in [2.75, 3.05) is 7.11 Å². The SMILES string of the molecule is C=C/C(=C\OC)c1cc(C)ccc1C. The number of rotatable bonds is 3. The molecule has 0 radical (unpaired) electrons. The molecule has 0 saturated carbocycles. The summed E-state index contributed by atoms with van der Waals surface area (Å²) in [6.45, 7) is 7.94. The van der Waals surface area contributed by atoms with Gasteiger partial charge in [0.2, 0.25) is 0 Å². The Balaban J connectivity index is 3.22. The van der Waals surface area contributed by atoms with E-state index in [-0.39, 0.29) is 0 Å². The fourth-order valence-electron chi connectivity index (χ4n) is 1.40. The molecular formula is C13H16O. The molecule has 0 aromatic heterocycles. The van der Waals surface area contributed by atoms with Gasteiger partial charge in [-0.25, -0.2) is 0 Å². The van der Waals surface area contributed by atoms with E-state index in [1.807, 2.05) is 6.08 Å². The third kappa shape index (κ3) is 2.25. The Kier molecular flexibility index (Phi) is 3.52. The van der Waals surface area contributed by atoms with Crippen LogP contribution in [0.5, 0.6) is 0 Å².